The van der Waals surface area contributed by atoms with Gasteiger partial charge < -0.3 is 14.4 Å². The van der Waals surface area contributed by atoms with Crippen molar-refractivity contribution in [1.82, 2.24) is 14.8 Å². The number of morpholine rings is 1. The SMILES string of the molecule is COc1cccc2sc(NC(=O)N3CCC(CN4CCOCC4)CC3)nc12. The first kappa shape index (κ1) is 18.5. The van der Waals surface area contributed by atoms with Crippen LogP contribution < -0.4 is 10.1 Å². The number of hydrogen-bond acceptors (Lipinski definition) is 6. The Bertz CT molecular complexity index is 782. The van der Waals surface area contributed by atoms with Gasteiger partial charge in [-0.25, -0.2) is 9.78 Å². The van der Waals surface area contributed by atoms with Crippen LogP contribution in [-0.4, -0.2) is 73.9 Å². The third-order valence-electron chi connectivity index (χ3n) is 5.34. The van der Waals surface area contributed by atoms with Crippen molar-refractivity contribution in [2.24, 2.45) is 5.92 Å². The highest BCUT2D eigenvalue weighted by Crippen LogP contribution is 2.32. The molecule has 27 heavy (non-hydrogen) atoms. The Labute approximate surface area is 163 Å². The number of rotatable bonds is 4. The first-order valence-electron chi connectivity index (χ1n) is 9.52. The summed E-state index contributed by atoms with van der Waals surface area (Å²) in [5, 5.41) is 3.58. The Balaban J connectivity index is 1.30. The van der Waals surface area contributed by atoms with Crippen molar-refractivity contribution < 1.29 is 14.3 Å². The van der Waals surface area contributed by atoms with E-state index in [1.807, 2.05) is 23.1 Å². The number of hydrogen-bond donors (Lipinski definition) is 1. The Kier molecular flexibility index (Phi) is 5.75. The van der Waals surface area contributed by atoms with Crippen molar-refractivity contribution in [3.63, 3.8) is 0 Å². The van der Waals surface area contributed by atoms with Crippen molar-refractivity contribution in [1.29, 1.82) is 0 Å². The molecule has 2 aliphatic rings. The van der Waals surface area contributed by atoms with Gasteiger partial charge in [0.15, 0.2) is 5.13 Å². The molecule has 0 spiro atoms. The molecule has 2 aromatic rings. The molecule has 1 aromatic carbocycles. The van der Waals surface area contributed by atoms with Crippen LogP contribution in [-0.2, 0) is 4.74 Å². The van der Waals surface area contributed by atoms with Crippen LogP contribution in [0.25, 0.3) is 10.2 Å². The molecular weight excluding hydrogens is 364 g/mol. The number of nitrogens with zero attached hydrogens (tertiary/aromatic N) is 3. The zero-order chi connectivity index (χ0) is 18.6. The fraction of sp³-hybridized carbons (Fsp3) is 0.579. The number of carbonyl (C=O) groups excluding carboxylic acids is 1. The average molecular weight is 391 g/mol. The monoisotopic (exact) mass is 390 g/mol. The lowest BCUT2D eigenvalue weighted by Crippen LogP contribution is -2.45. The van der Waals surface area contributed by atoms with E-state index in [2.05, 4.69) is 15.2 Å². The third kappa shape index (κ3) is 4.34. The van der Waals surface area contributed by atoms with Crippen molar-refractivity contribution in [3.05, 3.63) is 18.2 Å². The van der Waals surface area contributed by atoms with Gasteiger partial charge in [-0.05, 0) is 30.9 Å². The van der Waals surface area contributed by atoms with Crippen molar-refractivity contribution in [2.45, 2.75) is 12.8 Å². The summed E-state index contributed by atoms with van der Waals surface area (Å²) in [4.78, 5) is 21.5. The lowest BCUT2D eigenvalue weighted by molar-refractivity contribution is 0.0260. The molecular formula is C19H26N4O3S. The molecule has 8 heteroatoms. The standard InChI is InChI=1S/C19H26N4O3S/c1-25-15-3-2-4-16-17(15)20-18(27-16)21-19(24)23-7-5-14(6-8-23)13-22-9-11-26-12-10-22/h2-4,14H,5-13H2,1H3,(H,20,21,24). The van der Waals surface area contributed by atoms with Gasteiger partial charge in [0.1, 0.15) is 11.3 Å². The molecule has 0 saturated carbocycles. The van der Waals surface area contributed by atoms with Crippen molar-refractivity contribution >= 4 is 32.7 Å². The van der Waals surface area contributed by atoms with Gasteiger partial charge in [0.2, 0.25) is 0 Å². The second kappa shape index (κ2) is 8.41. The molecule has 1 N–H and O–H groups in total. The number of nitrogens with one attached hydrogen (secondary N) is 1. The molecule has 1 aromatic heterocycles. The molecule has 0 atom stereocenters. The zero-order valence-corrected chi connectivity index (χ0v) is 16.5. The van der Waals surface area contributed by atoms with Gasteiger partial charge in [0.05, 0.1) is 25.0 Å². The summed E-state index contributed by atoms with van der Waals surface area (Å²) in [6.07, 6.45) is 2.11. The highest BCUT2D eigenvalue weighted by atomic mass is 32.1. The number of ether oxygens (including phenoxy) is 2. The lowest BCUT2D eigenvalue weighted by atomic mass is 9.96. The Morgan fingerprint density at radius 1 is 1.30 bits per heavy atom. The minimum atomic E-state index is -0.0576. The Morgan fingerprint density at radius 3 is 2.81 bits per heavy atom. The minimum Gasteiger partial charge on any atom is -0.494 e. The summed E-state index contributed by atoms with van der Waals surface area (Å²) >= 11 is 1.47. The maximum absolute atomic E-state index is 12.6. The number of methoxy groups -OCH3 is 1. The number of para-hydroxylation sites is 1. The second-order valence-corrected chi connectivity index (χ2v) is 8.13. The summed E-state index contributed by atoms with van der Waals surface area (Å²) in [5.74, 6) is 1.40. The summed E-state index contributed by atoms with van der Waals surface area (Å²) in [7, 11) is 1.63. The molecule has 4 rings (SSSR count). The van der Waals surface area contributed by atoms with Crippen molar-refractivity contribution in [2.75, 3.05) is 58.4 Å². The lowest BCUT2D eigenvalue weighted by Gasteiger charge is -2.35. The highest BCUT2D eigenvalue weighted by molar-refractivity contribution is 7.22. The normalized spacial score (nSPS) is 19.4. The van der Waals surface area contributed by atoms with E-state index in [9.17, 15) is 4.79 Å². The van der Waals surface area contributed by atoms with Crippen LogP contribution in [0.15, 0.2) is 18.2 Å². The predicted octanol–water partition coefficient (Wildman–Crippen LogP) is 2.88. The molecule has 2 saturated heterocycles. The van der Waals surface area contributed by atoms with E-state index in [4.69, 9.17) is 9.47 Å². The van der Waals surface area contributed by atoms with E-state index < -0.39 is 0 Å². The first-order chi connectivity index (χ1) is 13.2. The number of urea groups is 1. The Hall–Kier alpha value is -1.90. The van der Waals surface area contributed by atoms with Gasteiger partial charge in [-0.15, -0.1) is 0 Å². The summed E-state index contributed by atoms with van der Waals surface area (Å²) in [6, 6.07) is 5.75. The van der Waals surface area contributed by atoms with Crippen molar-refractivity contribution in [3.8, 4) is 5.75 Å². The van der Waals surface area contributed by atoms with Gasteiger partial charge in [0, 0.05) is 32.7 Å². The largest absolute Gasteiger partial charge is 0.494 e. The smallest absolute Gasteiger partial charge is 0.323 e. The zero-order valence-electron chi connectivity index (χ0n) is 15.6. The average Bonchev–Trinajstić information content (AvgIpc) is 3.11. The number of thiazole rings is 1. The highest BCUT2D eigenvalue weighted by Gasteiger charge is 2.25. The minimum absolute atomic E-state index is 0.0576. The van der Waals surface area contributed by atoms with Crippen LogP contribution in [0.3, 0.4) is 0 Å². The van der Waals surface area contributed by atoms with E-state index >= 15 is 0 Å². The van der Waals surface area contributed by atoms with Crippen LogP contribution in [0.1, 0.15) is 12.8 Å². The molecule has 3 heterocycles. The molecule has 0 unspecified atom stereocenters. The molecule has 7 nitrogen and oxygen atoms in total. The quantitative estimate of drug-likeness (QED) is 0.870. The third-order valence-corrected chi connectivity index (χ3v) is 6.27. The van der Waals surface area contributed by atoms with Gasteiger partial charge in [0.25, 0.3) is 0 Å². The van der Waals surface area contributed by atoms with Gasteiger partial charge in [-0.2, -0.15) is 0 Å². The number of likely N-dealkylation sites (tertiary alicyclic amines) is 1. The summed E-state index contributed by atoms with van der Waals surface area (Å²) in [5.41, 5.74) is 0.796. The number of aromatic nitrogens is 1. The molecule has 2 amide bonds. The van der Waals surface area contributed by atoms with Crippen LogP contribution in [0, 0.1) is 5.92 Å². The molecule has 0 radical (unpaired) electrons. The Morgan fingerprint density at radius 2 is 2.07 bits per heavy atom. The molecule has 0 bridgehead atoms. The fourth-order valence-corrected chi connectivity index (χ4v) is 4.65. The number of benzene rings is 1. The van der Waals surface area contributed by atoms with Crippen LogP contribution in [0.2, 0.25) is 0 Å². The molecule has 0 aliphatic carbocycles. The molecule has 2 aliphatic heterocycles. The van der Waals surface area contributed by atoms with Gasteiger partial charge in [-0.3, -0.25) is 10.2 Å². The number of fused-ring (bicyclic) bond motifs is 1. The first-order valence-corrected chi connectivity index (χ1v) is 10.3. The summed E-state index contributed by atoms with van der Waals surface area (Å²) < 4.78 is 11.8. The number of amides is 2. The number of anilines is 1. The fourth-order valence-electron chi connectivity index (χ4n) is 3.78. The van der Waals surface area contributed by atoms with Crippen LogP contribution >= 0.6 is 11.3 Å². The maximum atomic E-state index is 12.6. The van der Waals surface area contributed by atoms with E-state index in [1.54, 1.807) is 7.11 Å². The van der Waals surface area contributed by atoms with Crippen LogP contribution in [0.4, 0.5) is 9.93 Å². The van der Waals surface area contributed by atoms with E-state index in [-0.39, 0.29) is 6.03 Å². The topological polar surface area (TPSA) is 66.9 Å². The number of piperidine rings is 1. The predicted molar refractivity (Wildman–Crippen MR) is 107 cm³/mol. The molecule has 146 valence electrons. The summed E-state index contributed by atoms with van der Waals surface area (Å²) in [6.45, 7) is 6.46. The van der Waals surface area contributed by atoms with Gasteiger partial charge >= 0.3 is 6.03 Å². The van der Waals surface area contributed by atoms with Gasteiger partial charge in [-0.1, -0.05) is 17.4 Å². The van der Waals surface area contributed by atoms with E-state index in [0.717, 1.165) is 74.7 Å². The number of carbonyl (C=O) groups is 1. The van der Waals surface area contributed by atoms with E-state index in [1.165, 1.54) is 11.3 Å². The maximum Gasteiger partial charge on any atom is 0.323 e. The van der Waals surface area contributed by atoms with E-state index in [0.29, 0.717) is 11.0 Å². The second-order valence-electron chi connectivity index (χ2n) is 7.10. The van der Waals surface area contributed by atoms with Crippen LogP contribution in [0.5, 0.6) is 5.75 Å². The molecule has 2 fully saturated rings.